The molecule has 2 nitrogen and oxygen atoms in total. The van der Waals surface area contributed by atoms with Crippen molar-refractivity contribution in [3.05, 3.63) is 0 Å². The Morgan fingerprint density at radius 1 is 1.18 bits per heavy atom. The van der Waals surface area contributed by atoms with E-state index >= 15 is 0 Å². The zero-order valence-electron chi connectivity index (χ0n) is 12.0. The highest BCUT2D eigenvalue weighted by molar-refractivity contribution is 7.80. The monoisotopic (exact) mass is 256 g/mol. The van der Waals surface area contributed by atoms with Crippen LogP contribution in [0.15, 0.2) is 0 Å². The molecule has 0 aromatic rings. The van der Waals surface area contributed by atoms with Crippen molar-refractivity contribution in [2.24, 2.45) is 10.8 Å². The van der Waals surface area contributed by atoms with Crippen molar-refractivity contribution in [3.8, 4) is 0 Å². The molecule has 1 aliphatic carbocycles. The van der Waals surface area contributed by atoms with Crippen LogP contribution in [0.2, 0.25) is 0 Å². The standard InChI is InChI=1S/C14H28N2S/c1-6-7-15-12(17)16-11-8-13(2,3)10-14(4,5)9-11/h11H,6-10H2,1-5H3,(H2,15,16,17). The third-order valence-corrected chi connectivity index (χ3v) is 3.69. The molecule has 0 aromatic heterocycles. The quantitative estimate of drug-likeness (QED) is 0.756. The van der Waals surface area contributed by atoms with E-state index in [0.717, 1.165) is 18.1 Å². The lowest BCUT2D eigenvalue weighted by Crippen LogP contribution is -2.49. The molecule has 3 heteroatoms. The summed E-state index contributed by atoms with van der Waals surface area (Å²) in [7, 11) is 0. The molecule has 0 atom stereocenters. The van der Waals surface area contributed by atoms with Crippen molar-refractivity contribution in [2.45, 2.75) is 66.3 Å². The average Bonchev–Trinajstić information content (AvgIpc) is 2.09. The molecule has 0 spiro atoms. The Labute approximate surface area is 112 Å². The second kappa shape index (κ2) is 5.55. The van der Waals surface area contributed by atoms with Gasteiger partial charge in [0.1, 0.15) is 0 Å². The largest absolute Gasteiger partial charge is 0.363 e. The van der Waals surface area contributed by atoms with Gasteiger partial charge in [-0.2, -0.15) is 0 Å². The predicted molar refractivity (Wildman–Crippen MR) is 79.2 cm³/mol. The average molecular weight is 256 g/mol. The van der Waals surface area contributed by atoms with Crippen LogP contribution < -0.4 is 10.6 Å². The lowest BCUT2D eigenvalue weighted by Gasteiger charge is -2.45. The van der Waals surface area contributed by atoms with Gasteiger partial charge in [-0.05, 0) is 48.7 Å². The normalized spacial score (nSPS) is 23.1. The van der Waals surface area contributed by atoms with E-state index in [0.29, 0.717) is 16.9 Å². The number of thiocarbonyl (C=S) groups is 1. The van der Waals surface area contributed by atoms with Crippen molar-refractivity contribution in [2.75, 3.05) is 6.54 Å². The van der Waals surface area contributed by atoms with Crippen LogP contribution in [-0.2, 0) is 0 Å². The summed E-state index contributed by atoms with van der Waals surface area (Å²) in [6, 6.07) is 0.519. The fourth-order valence-corrected chi connectivity index (χ4v) is 3.69. The van der Waals surface area contributed by atoms with Gasteiger partial charge in [-0.1, -0.05) is 34.6 Å². The highest BCUT2D eigenvalue weighted by Crippen LogP contribution is 2.45. The van der Waals surface area contributed by atoms with Crippen molar-refractivity contribution >= 4 is 17.3 Å². The van der Waals surface area contributed by atoms with Gasteiger partial charge in [0.05, 0.1) is 0 Å². The number of hydrogen-bond donors (Lipinski definition) is 2. The first-order valence-corrected chi connectivity index (χ1v) is 7.19. The van der Waals surface area contributed by atoms with E-state index in [4.69, 9.17) is 12.2 Å². The van der Waals surface area contributed by atoms with Crippen LogP contribution in [0.25, 0.3) is 0 Å². The van der Waals surface area contributed by atoms with Crippen LogP contribution in [0.1, 0.15) is 60.3 Å². The predicted octanol–water partition coefficient (Wildman–Crippen LogP) is 3.47. The minimum absolute atomic E-state index is 0.416. The summed E-state index contributed by atoms with van der Waals surface area (Å²) >= 11 is 5.33. The van der Waals surface area contributed by atoms with E-state index in [1.54, 1.807) is 0 Å². The molecule has 0 unspecified atom stereocenters. The molecule has 1 aliphatic rings. The maximum Gasteiger partial charge on any atom is 0.166 e. The van der Waals surface area contributed by atoms with Gasteiger partial charge in [0.2, 0.25) is 0 Å². The van der Waals surface area contributed by atoms with Crippen molar-refractivity contribution < 1.29 is 0 Å². The summed E-state index contributed by atoms with van der Waals surface area (Å²) < 4.78 is 0. The van der Waals surface area contributed by atoms with Crippen LogP contribution in [0.3, 0.4) is 0 Å². The lowest BCUT2D eigenvalue weighted by atomic mass is 9.63. The van der Waals surface area contributed by atoms with E-state index in [-0.39, 0.29) is 0 Å². The molecule has 17 heavy (non-hydrogen) atoms. The number of rotatable bonds is 3. The Balaban J connectivity index is 2.51. The topological polar surface area (TPSA) is 24.1 Å². The van der Waals surface area contributed by atoms with E-state index < -0.39 is 0 Å². The summed E-state index contributed by atoms with van der Waals surface area (Å²) in [5.74, 6) is 0. The lowest BCUT2D eigenvalue weighted by molar-refractivity contribution is 0.0921. The van der Waals surface area contributed by atoms with Gasteiger partial charge in [-0.15, -0.1) is 0 Å². The van der Waals surface area contributed by atoms with E-state index in [1.807, 2.05) is 0 Å². The fourth-order valence-electron chi connectivity index (χ4n) is 3.42. The highest BCUT2D eigenvalue weighted by Gasteiger charge is 2.38. The molecule has 1 rings (SSSR count). The van der Waals surface area contributed by atoms with Gasteiger partial charge >= 0.3 is 0 Å². The van der Waals surface area contributed by atoms with Crippen LogP contribution in [0.5, 0.6) is 0 Å². The van der Waals surface area contributed by atoms with Crippen LogP contribution in [0.4, 0.5) is 0 Å². The van der Waals surface area contributed by atoms with Crippen LogP contribution >= 0.6 is 12.2 Å². The third kappa shape index (κ3) is 5.24. The van der Waals surface area contributed by atoms with E-state index in [1.165, 1.54) is 19.3 Å². The molecule has 1 fully saturated rings. The maximum absolute atomic E-state index is 5.33. The first kappa shape index (κ1) is 14.7. The Morgan fingerprint density at radius 2 is 1.71 bits per heavy atom. The van der Waals surface area contributed by atoms with E-state index in [9.17, 15) is 0 Å². The van der Waals surface area contributed by atoms with Gasteiger partial charge in [-0.25, -0.2) is 0 Å². The summed E-state index contributed by atoms with van der Waals surface area (Å²) in [5.41, 5.74) is 0.833. The molecule has 2 N–H and O–H groups in total. The van der Waals surface area contributed by atoms with Crippen molar-refractivity contribution in [3.63, 3.8) is 0 Å². The van der Waals surface area contributed by atoms with E-state index in [2.05, 4.69) is 45.3 Å². The van der Waals surface area contributed by atoms with Crippen molar-refractivity contribution in [1.82, 2.24) is 10.6 Å². The van der Waals surface area contributed by atoms with Gasteiger partial charge in [-0.3, -0.25) is 0 Å². The third-order valence-electron chi connectivity index (χ3n) is 3.43. The van der Waals surface area contributed by atoms with Crippen LogP contribution in [0, 0.1) is 10.8 Å². The summed E-state index contributed by atoms with van der Waals surface area (Å²) in [4.78, 5) is 0. The number of hydrogen-bond acceptors (Lipinski definition) is 1. The molecule has 0 aromatic carbocycles. The van der Waals surface area contributed by atoms with Gasteiger partial charge in [0.15, 0.2) is 5.11 Å². The minimum Gasteiger partial charge on any atom is -0.363 e. The Morgan fingerprint density at radius 3 is 2.18 bits per heavy atom. The Kier molecular flexibility index (Phi) is 4.82. The SMILES string of the molecule is CCCNC(=S)NC1CC(C)(C)CC(C)(C)C1. The molecule has 0 saturated heterocycles. The first-order valence-electron chi connectivity index (χ1n) is 6.78. The molecular weight excluding hydrogens is 228 g/mol. The summed E-state index contributed by atoms with van der Waals surface area (Å²) in [5, 5.41) is 7.56. The molecule has 0 radical (unpaired) electrons. The molecule has 100 valence electrons. The zero-order valence-corrected chi connectivity index (χ0v) is 12.8. The summed E-state index contributed by atoms with van der Waals surface area (Å²) in [6.45, 7) is 12.6. The van der Waals surface area contributed by atoms with Crippen molar-refractivity contribution in [1.29, 1.82) is 0 Å². The van der Waals surface area contributed by atoms with Gasteiger partial charge in [0, 0.05) is 12.6 Å². The van der Waals surface area contributed by atoms with Crippen LogP contribution in [-0.4, -0.2) is 17.7 Å². The smallest absolute Gasteiger partial charge is 0.166 e. The Bertz CT molecular complexity index is 255. The van der Waals surface area contributed by atoms with Gasteiger partial charge in [0.25, 0.3) is 0 Å². The first-order chi connectivity index (χ1) is 7.74. The molecule has 0 bridgehead atoms. The second-order valence-corrected chi connectivity index (χ2v) is 7.42. The fraction of sp³-hybridized carbons (Fsp3) is 0.929. The highest BCUT2D eigenvalue weighted by atomic mass is 32.1. The molecule has 0 amide bonds. The molecule has 1 saturated carbocycles. The zero-order chi connectivity index (χ0) is 13.1. The molecule has 0 heterocycles. The molecular formula is C14H28N2S. The summed E-state index contributed by atoms with van der Waals surface area (Å²) in [6.07, 6.45) is 4.84. The Hall–Kier alpha value is -0.310. The minimum atomic E-state index is 0.416. The molecule has 0 aliphatic heterocycles. The van der Waals surface area contributed by atoms with Gasteiger partial charge < -0.3 is 10.6 Å². The second-order valence-electron chi connectivity index (χ2n) is 7.01. The number of nitrogens with one attached hydrogen (secondary N) is 2. The maximum atomic E-state index is 5.33.